The van der Waals surface area contributed by atoms with Crippen molar-refractivity contribution in [3.05, 3.63) is 0 Å². The summed E-state index contributed by atoms with van der Waals surface area (Å²) in [6.07, 6.45) is 4.90. The molecule has 136 valence electrons. The summed E-state index contributed by atoms with van der Waals surface area (Å²) in [4.78, 5) is 11.7. The van der Waals surface area contributed by atoms with E-state index >= 15 is 0 Å². The SMILES string of the molecule is CNC(C)(C)CCOCCNC(=O)OC[C@H]1[C@@H]2CCC#CCC[C@@H]21. The van der Waals surface area contributed by atoms with Crippen molar-refractivity contribution in [3.63, 3.8) is 0 Å². The molecule has 1 saturated carbocycles. The van der Waals surface area contributed by atoms with Crippen molar-refractivity contribution in [1.29, 1.82) is 0 Å². The molecule has 3 atom stereocenters. The van der Waals surface area contributed by atoms with E-state index < -0.39 is 0 Å². The van der Waals surface area contributed by atoms with Gasteiger partial charge in [-0.15, -0.1) is 11.8 Å². The van der Waals surface area contributed by atoms with Crippen molar-refractivity contribution in [3.8, 4) is 11.8 Å². The van der Waals surface area contributed by atoms with Gasteiger partial charge in [-0.05, 0) is 57.9 Å². The Morgan fingerprint density at radius 3 is 2.46 bits per heavy atom. The highest BCUT2D eigenvalue weighted by Gasteiger charge is 2.49. The molecule has 2 aliphatic rings. The van der Waals surface area contributed by atoms with Gasteiger partial charge in [-0.3, -0.25) is 0 Å². The zero-order valence-electron chi connectivity index (χ0n) is 15.3. The topological polar surface area (TPSA) is 59.6 Å². The molecule has 24 heavy (non-hydrogen) atoms. The van der Waals surface area contributed by atoms with Crippen molar-refractivity contribution < 1.29 is 14.3 Å². The Labute approximate surface area is 146 Å². The van der Waals surface area contributed by atoms with E-state index in [9.17, 15) is 4.79 Å². The molecule has 2 aliphatic carbocycles. The fourth-order valence-electron chi connectivity index (χ4n) is 3.28. The molecule has 0 spiro atoms. The van der Waals surface area contributed by atoms with Crippen LogP contribution in [0.2, 0.25) is 0 Å². The van der Waals surface area contributed by atoms with E-state index in [0.717, 1.165) is 32.1 Å². The first-order valence-corrected chi connectivity index (χ1v) is 9.16. The van der Waals surface area contributed by atoms with E-state index in [-0.39, 0.29) is 11.6 Å². The number of fused-ring (bicyclic) bond motifs is 1. The fraction of sp³-hybridized carbons (Fsp3) is 0.842. The van der Waals surface area contributed by atoms with Crippen LogP contribution in [-0.2, 0) is 9.47 Å². The van der Waals surface area contributed by atoms with Crippen molar-refractivity contribution >= 4 is 6.09 Å². The highest BCUT2D eigenvalue weighted by molar-refractivity contribution is 5.67. The maximum absolute atomic E-state index is 11.7. The summed E-state index contributed by atoms with van der Waals surface area (Å²) in [7, 11) is 1.95. The summed E-state index contributed by atoms with van der Waals surface area (Å²) in [5.41, 5.74) is 0.0796. The predicted molar refractivity (Wildman–Crippen MR) is 94.6 cm³/mol. The van der Waals surface area contributed by atoms with Gasteiger partial charge < -0.3 is 20.1 Å². The number of carbonyl (C=O) groups is 1. The summed E-state index contributed by atoms with van der Waals surface area (Å²) < 4.78 is 10.9. The van der Waals surface area contributed by atoms with Gasteiger partial charge in [0.15, 0.2) is 0 Å². The van der Waals surface area contributed by atoms with Crippen LogP contribution in [0, 0.1) is 29.6 Å². The normalized spacial score (nSPS) is 25.5. The second kappa shape index (κ2) is 9.29. The van der Waals surface area contributed by atoms with Crippen LogP contribution >= 0.6 is 0 Å². The molecule has 0 unspecified atom stereocenters. The molecule has 0 aromatic rings. The number of nitrogens with one attached hydrogen (secondary N) is 2. The maximum atomic E-state index is 11.7. The minimum atomic E-state index is -0.329. The summed E-state index contributed by atoms with van der Waals surface area (Å²) >= 11 is 0. The highest BCUT2D eigenvalue weighted by atomic mass is 16.5. The van der Waals surface area contributed by atoms with Crippen molar-refractivity contribution in [2.45, 2.75) is 51.5 Å². The first-order chi connectivity index (χ1) is 11.5. The van der Waals surface area contributed by atoms with Crippen LogP contribution in [0.5, 0.6) is 0 Å². The monoisotopic (exact) mass is 336 g/mol. The smallest absolute Gasteiger partial charge is 0.407 e. The van der Waals surface area contributed by atoms with E-state index in [1.54, 1.807) is 0 Å². The van der Waals surface area contributed by atoms with Crippen LogP contribution in [0.15, 0.2) is 0 Å². The van der Waals surface area contributed by atoms with Gasteiger partial charge in [0.25, 0.3) is 0 Å². The number of amides is 1. The molecule has 0 bridgehead atoms. The summed E-state index contributed by atoms with van der Waals surface area (Å²) in [6.45, 7) is 6.50. The number of hydrogen-bond acceptors (Lipinski definition) is 4. The summed E-state index contributed by atoms with van der Waals surface area (Å²) in [6, 6.07) is 0. The van der Waals surface area contributed by atoms with Gasteiger partial charge in [-0.1, -0.05) is 0 Å². The number of carbonyl (C=O) groups excluding carboxylic acids is 1. The molecule has 0 heterocycles. The average molecular weight is 336 g/mol. The first-order valence-electron chi connectivity index (χ1n) is 9.16. The van der Waals surface area contributed by atoms with Crippen molar-refractivity contribution in [2.24, 2.45) is 17.8 Å². The molecule has 1 amide bonds. The van der Waals surface area contributed by atoms with Gasteiger partial charge in [0, 0.05) is 31.5 Å². The molecule has 0 saturated heterocycles. The molecule has 2 rings (SSSR count). The molecule has 0 aromatic carbocycles. The Morgan fingerprint density at radius 1 is 1.17 bits per heavy atom. The minimum absolute atomic E-state index is 0.0796. The number of alkyl carbamates (subject to hydrolysis) is 1. The van der Waals surface area contributed by atoms with Crippen molar-refractivity contribution in [2.75, 3.05) is 33.4 Å². The predicted octanol–water partition coefficient (Wildman–Crippen LogP) is 2.56. The molecule has 1 fully saturated rings. The molecule has 0 aliphatic heterocycles. The zero-order valence-corrected chi connectivity index (χ0v) is 15.3. The third-order valence-corrected chi connectivity index (χ3v) is 5.31. The zero-order chi connectivity index (χ0) is 17.4. The van der Waals surface area contributed by atoms with Gasteiger partial charge >= 0.3 is 6.09 Å². The van der Waals surface area contributed by atoms with Crippen LogP contribution < -0.4 is 10.6 Å². The Bertz CT molecular complexity index is 449. The molecule has 5 nitrogen and oxygen atoms in total. The molecule has 0 aromatic heterocycles. The fourth-order valence-corrected chi connectivity index (χ4v) is 3.28. The Balaban J connectivity index is 1.48. The lowest BCUT2D eigenvalue weighted by molar-refractivity contribution is 0.107. The summed E-state index contributed by atoms with van der Waals surface area (Å²) in [5.74, 6) is 8.37. The maximum Gasteiger partial charge on any atom is 0.407 e. The van der Waals surface area contributed by atoms with Gasteiger partial charge in [-0.2, -0.15) is 0 Å². The highest BCUT2D eigenvalue weighted by Crippen LogP contribution is 2.52. The Morgan fingerprint density at radius 2 is 1.83 bits per heavy atom. The van der Waals surface area contributed by atoms with Crippen LogP contribution in [0.3, 0.4) is 0 Å². The lowest BCUT2D eigenvalue weighted by Gasteiger charge is -2.23. The van der Waals surface area contributed by atoms with Crippen LogP contribution in [0.4, 0.5) is 4.79 Å². The quantitative estimate of drug-likeness (QED) is 0.502. The van der Waals surface area contributed by atoms with E-state index in [4.69, 9.17) is 9.47 Å². The molecular formula is C19H32N2O3. The van der Waals surface area contributed by atoms with Gasteiger partial charge in [-0.25, -0.2) is 4.79 Å². The first kappa shape index (κ1) is 19.1. The van der Waals surface area contributed by atoms with E-state index in [0.29, 0.717) is 44.1 Å². The lowest BCUT2D eigenvalue weighted by atomic mass is 10.0. The van der Waals surface area contributed by atoms with E-state index in [1.807, 2.05) is 7.05 Å². The van der Waals surface area contributed by atoms with Crippen LogP contribution in [0.25, 0.3) is 0 Å². The lowest BCUT2D eigenvalue weighted by Crippen LogP contribution is -2.37. The number of rotatable bonds is 9. The number of hydrogen-bond donors (Lipinski definition) is 2. The molecule has 5 heteroatoms. The van der Waals surface area contributed by atoms with Crippen LogP contribution in [-0.4, -0.2) is 45.0 Å². The summed E-state index contributed by atoms with van der Waals surface area (Å²) in [5, 5.41) is 5.99. The van der Waals surface area contributed by atoms with E-state index in [2.05, 4.69) is 36.3 Å². The van der Waals surface area contributed by atoms with Gasteiger partial charge in [0.1, 0.15) is 0 Å². The Kier molecular flexibility index (Phi) is 7.39. The van der Waals surface area contributed by atoms with E-state index in [1.165, 1.54) is 0 Å². The molecular weight excluding hydrogens is 304 g/mol. The van der Waals surface area contributed by atoms with Gasteiger partial charge in [0.05, 0.1) is 13.2 Å². The third-order valence-electron chi connectivity index (χ3n) is 5.31. The van der Waals surface area contributed by atoms with Crippen LogP contribution in [0.1, 0.15) is 46.0 Å². The molecule has 0 radical (unpaired) electrons. The second-order valence-corrected chi connectivity index (χ2v) is 7.44. The standard InChI is InChI=1S/C19H32N2O3/c1-19(2,20-3)10-12-23-13-11-21-18(22)24-14-17-15-8-6-4-5-7-9-16(15)17/h15-17,20H,6-14H2,1-3H3,(H,21,22)/t15-,16+,17+. The Hall–Kier alpha value is -1.25. The largest absolute Gasteiger partial charge is 0.449 e. The molecule has 2 N–H and O–H groups in total. The second-order valence-electron chi connectivity index (χ2n) is 7.44. The van der Waals surface area contributed by atoms with Crippen molar-refractivity contribution in [1.82, 2.24) is 10.6 Å². The minimum Gasteiger partial charge on any atom is -0.449 e. The number of ether oxygens (including phenoxy) is 2. The van der Waals surface area contributed by atoms with Gasteiger partial charge in [0.2, 0.25) is 0 Å². The third kappa shape index (κ3) is 6.33. The average Bonchev–Trinajstić information content (AvgIpc) is 3.18.